The topological polar surface area (TPSA) is 69.4 Å². The van der Waals surface area contributed by atoms with Crippen LogP contribution >= 0.6 is 0 Å². The van der Waals surface area contributed by atoms with Crippen LogP contribution in [0.3, 0.4) is 0 Å². The van der Waals surface area contributed by atoms with E-state index in [-0.39, 0.29) is 5.78 Å². The fourth-order valence-corrected chi connectivity index (χ4v) is 1.13. The lowest BCUT2D eigenvalue weighted by Crippen LogP contribution is -2.08. The Hall–Kier alpha value is -1.16. The molecule has 0 saturated carbocycles. The summed E-state index contributed by atoms with van der Waals surface area (Å²) < 4.78 is 0. The lowest BCUT2D eigenvalue weighted by Gasteiger charge is -1.95. The van der Waals surface area contributed by atoms with Gasteiger partial charge in [0, 0.05) is 6.42 Å². The van der Waals surface area contributed by atoms with Gasteiger partial charge < -0.3 is 9.63 Å². The first-order chi connectivity index (χ1) is 7.16. The number of nitrogens with two attached hydrogens (primary N) is 1. The SMILES string of the molecule is CC(=O)CCCCC=CCCC(=O)ON. The van der Waals surface area contributed by atoms with E-state index in [2.05, 4.69) is 10.7 Å². The minimum Gasteiger partial charge on any atom is -0.373 e. The second-order valence-corrected chi connectivity index (χ2v) is 3.45. The third kappa shape index (κ3) is 10.8. The summed E-state index contributed by atoms with van der Waals surface area (Å²) in [5.41, 5.74) is 0. The Labute approximate surface area is 90.4 Å². The van der Waals surface area contributed by atoms with Crippen LogP contribution in [-0.2, 0) is 14.4 Å². The Kier molecular flexibility index (Phi) is 8.67. The van der Waals surface area contributed by atoms with E-state index in [1.807, 2.05) is 12.2 Å². The minimum absolute atomic E-state index is 0.240. The summed E-state index contributed by atoms with van der Waals surface area (Å²) in [5, 5.41) is 0. The smallest absolute Gasteiger partial charge is 0.324 e. The molecule has 0 rings (SSSR count). The molecule has 0 radical (unpaired) electrons. The monoisotopic (exact) mass is 213 g/mol. The molecule has 4 heteroatoms. The van der Waals surface area contributed by atoms with E-state index in [0.717, 1.165) is 19.3 Å². The first kappa shape index (κ1) is 13.8. The molecule has 0 atom stereocenters. The number of hydrogen-bond acceptors (Lipinski definition) is 4. The number of rotatable bonds is 8. The normalized spacial score (nSPS) is 10.5. The molecule has 0 fully saturated rings. The maximum absolute atomic E-state index is 10.6. The summed E-state index contributed by atoms with van der Waals surface area (Å²) in [7, 11) is 0. The number of carbonyl (C=O) groups is 2. The average Bonchev–Trinajstić information content (AvgIpc) is 2.21. The van der Waals surface area contributed by atoms with Crippen molar-refractivity contribution in [2.45, 2.75) is 45.4 Å². The van der Waals surface area contributed by atoms with Gasteiger partial charge in [-0.2, -0.15) is 5.90 Å². The van der Waals surface area contributed by atoms with Gasteiger partial charge >= 0.3 is 5.97 Å². The van der Waals surface area contributed by atoms with Crippen molar-refractivity contribution in [3.05, 3.63) is 12.2 Å². The fraction of sp³-hybridized carbons (Fsp3) is 0.636. The van der Waals surface area contributed by atoms with Gasteiger partial charge in [-0.15, -0.1) is 0 Å². The second kappa shape index (κ2) is 9.40. The van der Waals surface area contributed by atoms with Crippen molar-refractivity contribution in [1.82, 2.24) is 0 Å². The number of hydrogen-bond donors (Lipinski definition) is 1. The highest BCUT2D eigenvalue weighted by atomic mass is 16.7. The quantitative estimate of drug-likeness (QED) is 0.380. The molecule has 0 saturated heterocycles. The van der Waals surface area contributed by atoms with Crippen molar-refractivity contribution in [1.29, 1.82) is 0 Å². The van der Waals surface area contributed by atoms with Gasteiger partial charge in [0.2, 0.25) is 0 Å². The van der Waals surface area contributed by atoms with Crippen LogP contribution in [0.4, 0.5) is 0 Å². The van der Waals surface area contributed by atoms with Gasteiger partial charge in [0.1, 0.15) is 5.78 Å². The Morgan fingerprint density at radius 1 is 1.13 bits per heavy atom. The zero-order valence-electron chi connectivity index (χ0n) is 9.20. The van der Waals surface area contributed by atoms with Crippen molar-refractivity contribution >= 4 is 11.8 Å². The second-order valence-electron chi connectivity index (χ2n) is 3.45. The van der Waals surface area contributed by atoms with Crippen molar-refractivity contribution in [3.63, 3.8) is 0 Å². The molecule has 15 heavy (non-hydrogen) atoms. The van der Waals surface area contributed by atoms with Crippen LogP contribution in [0.5, 0.6) is 0 Å². The summed E-state index contributed by atoms with van der Waals surface area (Å²) in [6, 6.07) is 0. The summed E-state index contributed by atoms with van der Waals surface area (Å²) in [6.07, 6.45) is 8.48. The van der Waals surface area contributed by atoms with E-state index in [9.17, 15) is 9.59 Å². The molecule has 0 amide bonds. The highest BCUT2D eigenvalue weighted by molar-refractivity contribution is 5.75. The van der Waals surface area contributed by atoms with Crippen LogP contribution in [0.25, 0.3) is 0 Å². The number of Topliss-reactive ketones (excluding diaryl/α,β-unsaturated/α-hetero) is 1. The van der Waals surface area contributed by atoms with Gasteiger partial charge in [0.15, 0.2) is 0 Å². The van der Waals surface area contributed by atoms with E-state index in [1.165, 1.54) is 0 Å². The highest BCUT2D eigenvalue weighted by Crippen LogP contribution is 2.02. The standard InChI is InChI=1S/C11H19NO3/c1-10(13)8-6-4-2-3-5-7-9-11(14)15-12/h3,5H,2,4,6-9,12H2,1H3. The lowest BCUT2D eigenvalue weighted by atomic mass is 10.1. The maximum Gasteiger partial charge on any atom is 0.324 e. The Morgan fingerprint density at radius 2 is 1.80 bits per heavy atom. The molecule has 0 aromatic rings. The molecule has 0 aromatic carbocycles. The third-order valence-electron chi connectivity index (χ3n) is 1.96. The molecular formula is C11H19NO3. The summed E-state index contributed by atoms with van der Waals surface area (Å²) >= 11 is 0. The maximum atomic E-state index is 10.6. The van der Waals surface area contributed by atoms with Crippen LogP contribution in [-0.4, -0.2) is 11.8 Å². The molecule has 0 heterocycles. The number of allylic oxidation sites excluding steroid dienone is 2. The summed E-state index contributed by atoms with van der Waals surface area (Å²) in [4.78, 5) is 25.2. The highest BCUT2D eigenvalue weighted by Gasteiger charge is 1.96. The largest absolute Gasteiger partial charge is 0.373 e. The Morgan fingerprint density at radius 3 is 2.40 bits per heavy atom. The predicted octanol–water partition coefficient (Wildman–Crippen LogP) is 1.89. The Balaban J connectivity index is 3.24. The third-order valence-corrected chi connectivity index (χ3v) is 1.96. The molecule has 86 valence electrons. The number of ketones is 1. The zero-order chi connectivity index (χ0) is 11.5. The van der Waals surface area contributed by atoms with E-state index in [4.69, 9.17) is 0 Å². The van der Waals surface area contributed by atoms with Crippen LogP contribution in [0.15, 0.2) is 12.2 Å². The van der Waals surface area contributed by atoms with E-state index in [1.54, 1.807) is 6.92 Å². The van der Waals surface area contributed by atoms with Crippen molar-refractivity contribution in [2.75, 3.05) is 0 Å². The zero-order valence-corrected chi connectivity index (χ0v) is 9.20. The molecule has 0 unspecified atom stereocenters. The van der Waals surface area contributed by atoms with Gasteiger partial charge in [-0.3, -0.25) is 4.79 Å². The van der Waals surface area contributed by atoms with Crippen molar-refractivity contribution < 1.29 is 14.4 Å². The minimum atomic E-state index is -0.392. The molecule has 0 aliphatic heterocycles. The molecule has 0 bridgehead atoms. The first-order valence-corrected chi connectivity index (χ1v) is 5.21. The van der Waals surface area contributed by atoms with Crippen LogP contribution in [0, 0.1) is 0 Å². The summed E-state index contributed by atoms with van der Waals surface area (Å²) in [6.45, 7) is 1.61. The number of unbranched alkanes of at least 4 members (excludes halogenated alkanes) is 2. The lowest BCUT2D eigenvalue weighted by molar-refractivity contribution is -0.144. The van der Waals surface area contributed by atoms with Crippen LogP contribution in [0.1, 0.15) is 45.4 Å². The molecule has 0 aromatic heterocycles. The van der Waals surface area contributed by atoms with Crippen LogP contribution < -0.4 is 5.90 Å². The van der Waals surface area contributed by atoms with Gasteiger partial charge in [-0.1, -0.05) is 12.2 Å². The molecule has 0 aliphatic rings. The van der Waals surface area contributed by atoms with Gasteiger partial charge in [0.25, 0.3) is 0 Å². The van der Waals surface area contributed by atoms with Gasteiger partial charge in [0.05, 0.1) is 6.42 Å². The van der Waals surface area contributed by atoms with E-state index in [0.29, 0.717) is 19.3 Å². The van der Waals surface area contributed by atoms with Crippen molar-refractivity contribution in [3.8, 4) is 0 Å². The fourth-order valence-electron chi connectivity index (χ4n) is 1.13. The summed E-state index contributed by atoms with van der Waals surface area (Å²) in [5.74, 6) is 4.52. The molecule has 2 N–H and O–H groups in total. The van der Waals surface area contributed by atoms with E-state index >= 15 is 0 Å². The van der Waals surface area contributed by atoms with Crippen LogP contribution in [0.2, 0.25) is 0 Å². The van der Waals surface area contributed by atoms with Gasteiger partial charge in [-0.05, 0) is 32.6 Å². The number of carbonyl (C=O) groups excluding carboxylic acids is 2. The molecule has 0 spiro atoms. The Bertz CT molecular complexity index is 224. The average molecular weight is 213 g/mol. The molecule has 4 nitrogen and oxygen atoms in total. The predicted molar refractivity (Wildman–Crippen MR) is 57.8 cm³/mol. The van der Waals surface area contributed by atoms with Crippen molar-refractivity contribution in [2.24, 2.45) is 5.90 Å². The van der Waals surface area contributed by atoms with E-state index < -0.39 is 5.97 Å². The van der Waals surface area contributed by atoms with Gasteiger partial charge in [-0.25, -0.2) is 0 Å². The molecular weight excluding hydrogens is 194 g/mol. The first-order valence-electron chi connectivity index (χ1n) is 5.21. The molecule has 0 aliphatic carbocycles.